The maximum atomic E-state index is 5.34. The first-order valence-electron chi connectivity index (χ1n) is 9.11. The van der Waals surface area contributed by atoms with Gasteiger partial charge in [0.05, 0.1) is 12.7 Å². The van der Waals surface area contributed by atoms with E-state index in [-0.39, 0.29) is 5.41 Å². The Kier molecular flexibility index (Phi) is 5.29. The molecule has 2 aromatic rings. The van der Waals surface area contributed by atoms with Gasteiger partial charge in [0.2, 0.25) is 5.89 Å². The molecular weight excluding hydrogens is 330 g/mol. The molecule has 0 aliphatic carbocycles. The van der Waals surface area contributed by atoms with Gasteiger partial charge in [0, 0.05) is 38.8 Å². The summed E-state index contributed by atoms with van der Waals surface area (Å²) in [7, 11) is 3.77. The molecule has 0 bridgehead atoms. The molecule has 1 saturated heterocycles. The van der Waals surface area contributed by atoms with Crippen molar-refractivity contribution >= 4 is 5.96 Å². The molecular formula is C18H29N7O. The van der Waals surface area contributed by atoms with E-state index in [2.05, 4.69) is 57.4 Å². The molecule has 1 atom stereocenters. The van der Waals surface area contributed by atoms with E-state index in [0.717, 1.165) is 31.9 Å². The summed E-state index contributed by atoms with van der Waals surface area (Å²) in [5, 5.41) is 11.7. The van der Waals surface area contributed by atoms with Crippen molar-refractivity contribution in [3.8, 4) is 0 Å². The van der Waals surface area contributed by atoms with Gasteiger partial charge in [-0.1, -0.05) is 25.9 Å². The van der Waals surface area contributed by atoms with E-state index in [1.54, 1.807) is 0 Å². The largest absolute Gasteiger partial charge is 0.349 e. The standard InChI is InChI=1S/C18H29N7O/c1-18(2,3)16-22-15(23-26-16)10-20-17(19-4)25-7-6-13(12-25)8-14-9-21-24(5)11-14/h9,11,13H,6-8,10,12H2,1-5H3,(H,19,20). The average molecular weight is 359 g/mol. The highest BCUT2D eigenvalue weighted by molar-refractivity contribution is 5.80. The molecule has 142 valence electrons. The summed E-state index contributed by atoms with van der Waals surface area (Å²) >= 11 is 0. The van der Waals surface area contributed by atoms with Crippen LogP contribution in [0.25, 0.3) is 0 Å². The smallest absolute Gasteiger partial charge is 0.232 e. The molecule has 0 aromatic carbocycles. The monoisotopic (exact) mass is 359 g/mol. The van der Waals surface area contributed by atoms with Crippen LogP contribution in [0.2, 0.25) is 0 Å². The summed E-state index contributed by atoms with van der Waals surface area (Å²) in [4.78, 5) is 11.2. The van der Waals surface area contributed by atoms with Gasteiger partial charge in [0.25, 0.3) is 0 Å². The van der Waals surface area contributed by atoms with Gasteiger partial charge >= 0.3 is 0 Å². The molecule has 1 unspecified atom stereocenters. The summed E-state index contributed by atoms with van der Waals surface area (Å²) in [6.45, 7) is 8.68. The molecule has 0 spiro atoms. The minimum Gasteiger partial charge on any atom is -0.349 e. The van der Waals surface area contributed by atoms with Gasteiger partial charge in [0.15, 0.2) is 11.8 Å². The molecule has 1 aliphatic rings. The predicted octanol–water partition coefficient (Wildman–Crippen LogP) is 1.74. The number of guanidine groups is 1. The third-order valence-electron chi connectivity index (χ3n) is 4.59. The van der Waals surface area contributed by atoms with E-state index in [1.165, 1.54) is 5.56 Å². The van der Waals surface area contributed by atoms with Crippen molar-refractivity contribution in [3.05, 3.63) is 29.7 Å². The quantitative estimate of drug-likeness (QED) is 0.661. The van der Waals surface area contributed by atoms with Crippen molar-refractivity contribution in [2.45, 2.75) is 45.6 Å². The highest BCUT2D eigenvalue weighted by Gasteiger charge is 2.26. The highest BCUT2D eigenvalue weighted by Crippen LogP contribution is 2.21. The molecule has 8 heteroatoms. The Hall–Kier alpha value is -2.38. The first-order valence-corrected chi connectivity index (χ1v) is 9.11. The maximum Gasteiger partial charge on any atom is 0.232 e. The Morgan fingerprint density at radius 1 is 1.42 bits per heavy atom. The number of rotatable bonds is 4. The fourth-order valence-corrected chi connectivity index (χ4v) is 3.22. The second kappa shape index (κ2) is 7.47. The lowest BCUT2D eigenvalue weighted by atomic mass is 9.97. The van der Waals surface area contributed by atoms with E-state index in [0.29, 0.717) is 24.2 Å². The van der Waals surface area contributed by atoms with Crippen LogP contribution in [0.4, 0.5) is 0 Å². The molecule has 0 amide bonds. The average Bonchev–Trinajstić information content (AvgIpc) is 3.29. The Balaban J connectivity index is 1.52. The van der Waals surface area contributed by atoms with Crippen molar-refractivity contribution in [3.63, 3.8) is 0 Å². The van der Waals surface area contributed by atoms with Crippen LogP contribution in [0.5, 0.6) is 0 Å². The normalized spacial score (nSPS) is 18.6. The van der Waals surface area contributed by atoms with Gasteiger partial charge in [-0.3, -0.25) is 9.67 Å². The molecule has 1 fully saturated rings. The van der Waals surface area contributed by atoms with Crippen LogP contribution >= 0.6 is 0 Å². The second-order valence-corrected chi connectivity index (χ2v) is 7.99. The summed E-state index contributed by atoms with van der Waals surface area (Å²) < 4.78 is 7.20. The molecule has 8 nitrogen and oxygen atoms in total. The molecule has 3 heterocycles. The topological polar surface area (TPSA) is 84.4 Å². The number of aromatic nitrogens is 4. The Bertz CT molecular complexity index is 756. The lowest BCUT2D eigenvalue weighted by molar-refractivity contribution is 0.318. The lowest BCUT2D eigenvalue weighted by Gasteiger charge is -2.21. The zero-order valence-electron chi connectivity index (χ0n) is 16.4. The van der Waals surface area contributed by atoms with Crippen molar-refractivity contribution < 1.29 is 4.52 Å². The van der Waals surface area contributed by atoms with E-state index in [1.807, 2.05) is 25.0 Å². The number of aliphatic imine (C=N–C) groups is 1. The van der Waals surface area contributed by atoms with E-state index >= 15 is 0 Å². The number of likely N-dealkylation sites (tertiary alicyclic amines) is 1. The number of nitrogens with one attached hydrogen (secondary N) is 1. The Morgan fingerprint density at radius 2 is 2.23 bits per heavy atom. The van der Waals surface area contributed by atoms with Crippen LogP contribution in [0.3, 0.4) is 0 Å². The molecule has 26 heavy (non-hydrogen) atoms. The van der Waals surface area contributed by atoms with Gasteiger partial charge in [-0.15, -0.1) is 0 Å². The first kappa shape index (κ1) is 18.4. The molecule has 0 saturated carbocycles. The zero-order valence-corrected chi connectivity index (χ0v) is 16.4. The molecule has 0 radical (unpaired) electrons. The minimum atomic E-state index is -0.138. The summed E-state index contributed by atoms with van der Waals surface area (Å²) in [6.07, 6.45) is 6.27. The van der Waals surface area contributed by atoms with Gasteiger partial charge in [-0.2, -0.15) is 10.1 Å². The second-order valence-electron chi connectivity index (χ2n) is 7.99. The number of nitrogens with zero attached hydrogens (tertiary/aromatic N) is 6. The molecule has 1 aliphatic heterocycles. The van der Waals surface area contributed by atoms with E-state index in [9.17, 15) is 0 Å². The Labute approximate surface area is 154 Å². The fraction of sp³-hybridized carbons (Fsp3) is 0.667. The number of hydrogen-bond donors (Lipinski definition) is 1. The van der Waals surface area contributed by atoms with E-state index < -0.39 is 0 Å². The van der Waals surface area contributed by atoms with E-state index in [4.69, 9.17) is 4.52 Å². The maximum absolute atomic E-state index is 5.34. The minimum absolute atomic E-state index is 0.138. The number of hydrogen-bond acceptors (Lipinski definition) is 5. The van der Waals surface area contributed by atoms with Crippen molar-refractivity contribution in [2.24, 2.45) is 18.0 Å². The number of aryl methyl sites for hydroxylation is 1. The molecule has 3 rings (SSSR count). The van der Waals surface area contributed by atoms with Crippen LogP contribution < -0.4 is 5.32 Å². The van der Waals surface area contributed by atoms with Crippen LogP contribution in [0.15, 0.2) is 21.9 Å². The van der Waals surface area contributed by atoms with Crippen molar-refractivity contribution in [1.82, 2.24) is 30.1 Å². The zero-order chi connectivity index (χ0) is 18.7. The molecule has 1 N–H and O–H groups in total. The van der Waals surface area contributed by atoms with Crippen LogP contribution in [-0.4, -0.2) is 50.9 Å². The first-order chi connectivity index (χ1) is 12.3. The highest BCUT2D eigenvalue weighted by atomic mass is 16.5. The fourth-order valence-electron chi connectivity index (χ4n) is 3.22. The van der Waals surface area contributed by atoms with Gasteiger partial charge in [-0.25, -0.2) is 0 Å². The van der Waals surface area contributed by atoms with Gasteiger partial charge in [0.1, 0.15) is 0 Å². The van der Waals surface area contributed by atoms with Crippen LogP contribution in [-0.2, 0) is 25.4 Å². The molecule has 2 aromatic heterocycles. The van der Waals surface area contributed by atoms with Crippen molar-refractivity contribution in [2.75, 3.05) is 20.1 Å². The SMILES string of the molecule is CN=C(NCc1noc(C(C)(C)C)n1)N1CCC(Cc2cnn(C)c2)C1. The van der Waals surface area contributed by atoms with Gasteiger partial charge in [-0.05, 0) is 24.3 Å². The van der Waals surface area contributed by atoms with Gasteiger partial charge < -0.3 is 14.7 Å². The van der Waals surface area contributed by atoms with Crippen molar-refractivity contribution in [1.29, 1.82) is 0 Å². The summed E-state index contributed by atoms with van der Waals surface area (Å²) in [5.74, 6) is 2.82. The summed E-state index contributed by atoms with van der Waals surface area (Å²) in [5.41, 5.74) is 1.16. The predicted molar refractivity (Wildman–Crippen MR) is 99.8 cm³/mol. The Morgan fingerprint density at radius 3 is 2.85 bits per heavy atom. The van der Waals surface area contributed by atoms with Crippen LogP contribution in [0.1, 0.15) is 44.5 Å². The lowest BCUT2D eigenvalue weighted by Crippen LogP contribution is -2.40. The third kappa shape index (κ3) is 4.42. The summed E-state index contributed by atoms with van der Waals surface area (Å²) in [6, 6.07) is 0. The van der Waals surface area contributed by atoms with Crippen LogP contribution in [0, 0.1) is 5.92 Å². The third-order valence-corrected chi connectivity index (χ3v) is 4.59.